The maximum absolute atomic E-state index is 11.4. The third kappa shape index (κ3) is 5.69. The Morgan fingerprint density at radius 2 is 2.00 bits per heavy atom. The summed E-state index contributed by atoms with van der Waals surface area (Å²) in [5, 5.41) is -0.758. The van der Waals surface area contributed by atoms with E-state index in [9.17, 15) is 8.96 Å². The lowest BCUT2D eigenvalue weighted by atomic mass is 10.1. The molecule has 0 bridgehead atoms. The molecular formula is C6H13F2N. The first-order valence-corrected chi connectivity index (χ1v) is 3.26. The molecule has 0 saturated heterocycles. The van der Waals surface area contributed by atoms with Crippen LogP contribution in [0, 0.1) is 5.92 Å². The maximum atomic E-state index is 11.4. The predicted octanol–water partition coefficient (Wildman–Crippen LogP) is 2.49. The van der Waals surface area contributed by atoms with Crippen LogP contribution in [-0.4, -0.2) is 11.9 Å². The highest BCUT2D eigenvalue weighted by atomic mass is 19.4. The molecule has 56 valence electrons. The molecule has 0 aromatic heterocycles. The summed E-state index contributed by atoms with van der Waals surface area (Å²) < 4.78 is 22.7. The van der Waals surface area contributed by atoms with Gasteiger partial charge in [-0.25, -0.2) is 0 Å². The number of hydrogen-bond acceptors (Lipinski definition) is 1. The average Bonchev–Trinajstić information content (AvgIpc) is 1.83. The van der Waals surface area contributed by atoms with Gasteiger partial charge in [-0.1, -0.05) is 20.3 Å². The molecule has 0 fully saturated rings. The zero-order chi connectivity index (χ0) is 7.28. The highest BCUT2D eigenvalue weighted by Crippen LogP contribution is 2.07. The van der Waals surface area contributed by atoms with Crippen LogP contribution < -0.4 is 0 Å². The minimum absolute atomic E-state index is 0.102. The van der Waals surface area contributed by atoms with Gasteiger partial charge in [0, 0.05) is 5.34 Å². The van der Waals surface area contributed by atoms with Crippen LogP contribution in [0.2, 0.25) is 0 Å². The lowest BCUT2D eigenvalue weighted by Gasteiger charge is -2.06. The molecule has 0 radical (unpaired) electrons. The third-order valence-electron chi connectivity index (χ3n) is 1.49. The second-order valence-electron chi connectivity index (χ2n) is 2.33. The van der Waals surface area contributed by atoms with Crippen LogP contribution in [0.25, 0.3) is 0 Å². The molecule has 0 spiro atoms. The van der Waals surface area contributed by atoms with E-state index < -0.39 is 5.34 Å². The van der Waals surface area contributed by atoms with Gasteiger partial charge in [0.15, 0.2) is 0 Å². The highest BCUT2D eigenvalue weighted by Gasteiger charge is 2.02. The number of hydrogen-bond donors (Lipinski definition) is 0. The largest absolute Gasteiger partial charge is 0.102 e. The molecule has 0 saturated carbocycles. The van der Waals surface area contributed by atoms with E-state index >= 15 is 0 Å². The van der Waals surface area contributed by atoms with Gasteiger partial charge in [0.2, 0.25) is 0 Å². The van der Waals surface area contributed by atoms with Gasteiger partial charge in [-0.15, -0.1) is 8.96 Å². The second-order valence-corrected chi connectivity index (χ2v) is 2.33. The Morgan fingerprint density at radius 3 is 2.33 bits per heavy atom. The van der Waals surface area contributed by atoms with Crippen molar-refractivity contribution in [1.82, 2.24) is 5.34 Å². The molecule has 0 aliphatic heterocycles. The van der Waals surface area contributed by atoms with Gasteiger partial charge in [0.1, 0.15) is 0 Å². The normalized spacial score (nSPS) is 14.3. The molecule has 0 rings (SSSR count). The van der Waals surface area contributed by atoms with Gasteiger partial charge >= 0.3 is 0 Å². The van der Waals surface area contributed by atoms with Crippen LogP contribution in [0.5, 0.6) is 0 Å². The molecule has 0 aromatic rings. The van der Waals surface area contributed by atoms with Crippen molar-refractivity contribution in [1.29, 1.82) is 0 Å². The lowest BCUT2D eigenvalue weighted by Crippen LogP contribution is -2.06. The minimum Gasteiger partial charge on any atom is -0.102 e. The Kier molecular flexibility index (Phi) is 4.58. The molecule has 3 heteroatoms. The molecular weight excluding hydrogens is 124 g/mol. The molecule has 9 heavy (non-hydrogen) atoms. The number of rotatable bonds is 4. The van der Waals surface area contributed by atoms with Crippen LogP contribution >= 0.6 is 0 Å². The minimum atomic E-state index is -0.758. The van der Waals surface area contributed by atoms with Gasteiger partial charge in [-0.05, 0) is 12.3 Å². The molecule has 0 aliphatic rings. The van der Waals surface area contributed by atoms with Crippen molar-refractivity contribution < 1.29 is 8.96 Å². The summed E-state index contributed by atoms with van der Waals surface area (Å²) >= 11 is 0. The van der Waals surface area contributed by atoms with Gasteiger partial charge < -0.3 is 0 Å². The maximum Gasteiger partial charge on any atom is 0.0622 e. The molecule has 1 atom stereocenters. The van der Waals surface area contributed by atoms with Gasteiger partial charge in [-0.3, -0.25) is 0 Å². The summed E-state index contributed by atoms with van der Waals surface area (Å²) in [4.78, 5) is 0. The fraction of sp³-hybridized carbons (Fsp3) is 1.00. The van der Waals surface area contributed by atoms with E-state index in [1.165, 1.54) is 0 Å². The van der Waals surface area contributed by atoms with E-state index in [-0.39, 0.29) is 6.54 Å². The lowest BCUT2D eigenvalue weighted by molar-refractivity contribution is -0.154. The van der Waals surface area contributed by atoms with Crippen LogP contribution in [0.3, 0.4) is 0 Å². The first-order valence-electron chi connectivity index (χ1n) is 3.26. The Labute approximate surface area is 54.5 Å². The topological polar surface area (TPSA) is 3.24 Å². The smallest absolute Gasteiger partial charge is 0.0622 e. The van der Waals surface area contributed by atoms with Gasteiger partial charge in [-0.2, -0.15) is 0 Å². The average molecular weight is 137 g/mol. The Hall–Kier alpha value is -0.180. The van der Waals surface area contributed by atoms with Gasteiger partial charge in [0.05, 0.1) is 6.54 Å². The fourth-order valence-electron chi connectivity index (χ4n) is 0.522. The zero-order valence-electron chi connectivity index (χ0n) is 5.90. The highest BCUT2D eigenvalue weighted by molar-refractivity contribution is 4.48. The summed E-state index contributed by atoms with van der Waals surface area (Å²) in [5.41, 5.74) is 0. The summed E-state index contributed by atoms with van der Waals surface area (Å²) in [6, 6.07) is 0. The molecule has 0 N–H and O–H groups in total. The van der Waals surface area contributed by atoms with E-state index in [4.69, 9.17) is 0 Å². The van der Waals surface area contributed by atoms with Crippen LogP contribution in [0.1, 0.15) is 26.7 Å². The molecule has 1 nitrogen and oxygen atoms in total. The summed E-state index contributed by atoms with van der Waals surface area (Å²) in [5.74, 6) is 0.416. The van der Waals surface area contributed by atoms with E-state index in [0.29, 0.717) is 12.3 Å². The van der Waals surface area contributed by atoms with E-state index in [1.54, 1.807) is 0 Å². The summed E-state index contributed by atoms with van der Waals surface area (Å²) in [6.07, 6.45) is 1.57. The van der Waals surface area contributed by atoms with Crippen molar-refractivity contribution in [2.75, 3.05) is 6.54 Å². The van der Waals surface area contributed by atoms with Crippen LogP contribution in [0.4, 0.5) is 8.96 Å². The third-order valence-corrected chi connectivity index (χ3v) is 1.49. The van der Waals surface area contributed by atoms with Gasteiger partial charge in [0.25, 0.3) is 0 Å². The first kappa shape index (κ1) is 8.82. The van der Waals surface area contributed by atoms with Crippen molar-refractivity contribution in [3.05, 3.63) is 0 Å². The van der Waals surface area contributed by atoms with E-state index in [0.717, 1.165) is 6.42 Å². The molecule has 0 amide bonds. The van der Waals surface area contributed by atoms with E-state index in [2.05, 4.69) is 0 Å². The molecule has 0 heterocycles. The van der Waals surface area contributed by atoms with Crippen molar-refractivity contribution in [3.8, 4) is 0 Å². The second kappa shape index (κ2) is 4.68. The zero-order valence-corrected chi connectivity index (χ0v) is 5.90. The standard InChI is InChI=1S/C6H13F2N/c1-3-6(2)4-5-9(7)8/h6H,3-5H2,1-2H3. The first-order chi connectivity index (χ1) is 4.16. The quantitative estimate of drug-likeness (QED) is 0.538. The number of halogens is 2. The fourth-order valence-corrected chi connectivity index (χ4v) is 0.522. The molecule has 1 unspecified atom stereocenters. The van der Waals surface area contributed by atoms with Crippen molar-refractivity contribution in [3.63, 3.8) is 0 Å². The Bertz CT molecular complexity index is 66.1. The summed E-state index contributed by atoms with van der Waals surface area (Å²) in [7, 11) is 0. The Morgan fingerprint density at radius 1 is 1.44 bits per heavy atom. The SMILES string of the molecule is CCC(C)CCN(F)F. The number of nitrogens with zero attached hydrogens (tertiary/aromatic N) is 1. The molecule has 0 aromatic carbocycles. The predicted molar refractivity (Wildman–Crippen MR) is 33.0 cm³/mol. The van der Waals surface area contributed by atoms with Crippen molar-refractivity contribution in [2.45, 2.75) is 26.7 Å². The van der Waals surface area contributed by atoms with Crippen molar-refractivity contribution in [2.24, 2.45) is 5.92 Å². The van der Waals surface area contributed by atoms with E-state index in [1.807, 2.05) is 13.8 Å². The van der Waals surface area contributed by atoms with Crippen LogP contribution in [0.15, 0.2) is 0 Å². The monoisotopic (exact) mass is 137 g/mol. The molecule has 0 aliphatic carbocycles. The van der Waals surface area contributed by atoms with Crippen molar-refractivity contribution >= 4 is 0 Å². The summed E-state index contributed by atoms with van der Waals surface area (Å²) in [6.45, 7) is 3.88. The Balaban J connectivity index is 3.06. The van der Waals surface area contributed by atoms with Crippen LogP contribution in [-0.2, 0) is 0 Å².